The van der Waals surface area contributed by atoms with Crippen LogP contribution in [0.4, 0.5) is 0 Å². The fourth-order valence-corrected chi connectivity index (χ4v) is 2.60. The van der Waals surface area contributed by atoms with Gasteiger partial charge in [0.2, 0.25) is 0 Å². The van der Waals surface area contributed by atoms with Crippen molar-refractivity contribution in [2.24, 2.45) is 0 Å². The second-order valence-electron chi connectivity index (χ2n) is 4.87. The predicted octanol–water partition coefficient (Wildman–Crippen LogP) is 0.687. The van der Waals surface area contributed by atoms with Crippen LogP contribution in [0.25, 0.3) is 0 Å². The lowest BCUT2D eigenvalue weighted by atomic mass is 9.89. The van der Waals surface area contributed by atoms with Gasteiger partial charge in [0, 0.05) is 19.6 Å². The van der Waals surface area contributed by atoms with E-state index in [-0.39, 0.29) is 18.3 Å². The smallest absolute Gasteiger partial charge is 0.0836 e. The molecule has 94 valence electrons. The molecule has 1 atom stereocenters. The van der Waals surface area contributed by atoms with E-state index < -0.39 is 0 Å². The van der Waals surface area contributed by atoms with Gasteiger partial charge in [-0.05, 0) is 38.8 Å². The molecule has 0 aromatic carbocycles. The number of ether oxygens (including phenoxy) is 2. The summed E-state index contributed by atoms with van der Waals surface area (Å²) in [4.78, 5) is 0. The third kappa shape index (κ3) is 3.17. The molecule has 1 spiro atoms. The third-order valence-corrected chi connectivity index (χ3v) is 3.60. The Morgan fingerprint density at radius 2 is 2.12 bits per heavy atom. The number of nitrogens with one attached hydrogen (secondary N) is 1. The van der Waals surface area contributed by atoms with Gasteiger partial charge in [-0.1, -0.05) is 0 Å². The molecule has 2 aliphatic rings. The first-order valence-electron chi connectivity index (χ1n) is 6.42. The summed E-state index contributed by atoms with van der Waals surface area (Å²) in [5.41, 5.74) is 0.104. The first kappa shape index (κ1) is 12.3. The van der Waals surface area contributed by atoms with E-state index in [2.05, 4.69) is 5.32 Å². The Hall–Kier alpha value is -0.160. The summed E-state index contributed by atoms with van der Waals surface area (Å²) in [6.45, 7) is 3.90. The summed E-state index contributed by atoms with van der Waals surface area (Å²) in [6, 6.07) is 0. The largest absolute Gasteiger partial charge is 0.396 e. The zero-order chi connectivity index (χ0) is 11.3. The average molecular weight is 229 g/mol. The molecule has 2 aliphatic heterocycles. The van der Waals surface area contributed by atoms with Crippen LogP contribution in [0.15, 0.2) is 0 Å². The normalized spacial score (nSPS) is 28.7. The van der Waals surface area contributed by atoms with E-state index in [4.69, 9.17) is 14.6 Å². The first-order valence-corrected chi connectivity index (χ1v) is 6.42. The van der Waals surface area contributed by atoms with Crippen molar-refractivity contribution >= 4 is 0 Å². The van der Waals surface area contributed by atoms with E-state index in [1.165, 1.54) is 0 Å². The monoisotopic (exact) mass is 229 g/mol. The standard InChI is InChI=1S/C12H23NO3/c14-7-1-2-8-15-11-9-12(16-10-11)3-5-13-6-4-12/h11,13-14H,1-10H2. The van der Waals surface area contributed by atoms with Crippen molar-refractivity contribution in [3.05, 3.63) is 0 Å². The van der Waals surface area contributed by atoms with Crippen molar-refractivity contribution < 1.29 is 14.6 Å². The van der Waals surface area contributed by atoms with Crippen LogP contribution in [0.2, 0.25) is 0 Å². The zero-order valence-electron chi connectivity index (χ0n) is 9.91. The van der Waals surface area contributed by atoms with E-state index in [1.54, 1.807) is 0 Å². The fourth-order valence-electron chi connectivity index (χ4n) is 2.60. The van der Waals surface area contributed by atoms with E-state index in [0.717, 1.165) is 58.4 Å². The number of rotatable bonds is 5. The van der Waals surface area contributed by atoms with E-state index in [9.17, 15) is 0 Å². The maximum Gasteiger partial charge on any atom is 0.0836 e. The summed E-state index contributed by atoms with van der Waals surface area (Å²) in [7, 11) is 0. The maximum absolute atomic E-state index is 8.67. The second kappa shape index (κ2) is 5.96. The molecule has 0 aromatic heterocycles. The van der Waals surface area contributed by atoms with Crippen molar-refractivity contribution in [1.82, 2.24) is 5.32 Å². The highest BCUT2D eigenvalue weighted by atomic mass is 16.6. The molecule has 2 heterocycles. The van der Waals surface area contributed by atoms with Gasteiger partial charge in [-0.15, -0.1) is 0 Å². The molecule has 2 saturated heterocycles. The highest BCUT2D eigenvalue weighted by Gasteiger charge is 2.41. The summed E-state index contributed by atoms with van der Waals surface area (Å²) < 4.78 is 11.7. The highest BCUT2D eigenvalue weighted by molar-refractivity contribution is 4.93. The van der Waals surface area contributed by atoms with Crippen molar-refractivity contribution in [3.63, 3.8) is 0 Å². The van der Waals surface area contributed by atoms with Crippen LogP contribution in [0.3, 0.4) is 0 Å². The Kier molecular flexibility index (Phi) is 4.58. The molecule has 4 nitrogen and oxygen atoms in total. The summed E-state index contributed by atoms with van der Waals surface area (Å²) in [5, 5.41) is 12.0. The van der Waals surface area contributed by atoms with Gasteiger partial charge < -0.3 is 19.9 Å². The Morgan fingerprint density at radius 3 is 2.88 bits per heavy atom. The molecular weight excluding hydrogens is 206 g/mol. The van der Waals surface area contributed by atoms with Crippen LogP contribution in [0, 0.1) is 0 Å². The van der Waals surface area contributed by atoms with Gasteiger partial charge in [0.25, 0.3) is 0 Å². The molecule has 0 bridgehead atoms. The van der Waals surface area contributed by atoms with Crippen LogP contribution in [-0.2, 0) is 9.47 Å². The summed E-state index contributed by atoms with van der Waals surface area (Å²) in [6.07, 6.45) is 5.34. The van der Waals surface area contributed by atoms with Crippen molar-refractivity contribution in [3.8, 4) is 0 Å². The number of aliphatic hydroxyl groups excluding tert-OH is 1. The highest BCUT2D eigenvalue weighted by Crippen LogP contribution is 2.35. The average Bonchev–Trinajstić information content (AvgIpc) is 2.69. The second-order valence-corrected chi connectivity index (χ2v) is 4.87. The first-order chi connectivity index (χ1) is 7.85. The van der Waals surface area contributed by atoms with Crippen LogP contribution in [0.1, 0.15) is 32.1 Å². The lowest BCUT2D eigenvalue weighted by Crippen LogP contribution is -2.41. The SMILES string of the molecule is OCCCCOC1COC2(CCNCC2)C1. The predicted molar refractivity (Wildman–Crippen MR) is 61.5 cm³/mol. The van der Waals surface area contributed by atoms with Crippen molar-refractivity contribution in [2.45, 2.75) is 43.8 Å². The zero-order valence-corrected chi connectivity index (χ0v) is 9.91. The van der Waals surface area contributed by atoms with Crippen LogP contribution >= 0.6 is 0 Å². The Balaban J connectivity index is 1.66. The van der Waals surface area contributed by atoms with Gasteiger partial charge >= 0.3 is 0 Å². The summed E-state index contributed by atoms with van der Waals surface area (Å²) in [5.74, 6) is 0. The minimum Gasteiger partial charge on any atom is -0.396 e. The van der Waals surface area contributed by atoms with Gasteiger partial charge in [-0.3, -0.25) is 0 Å². The molecular formula is C12H23NO3. The number of aliphatic hydroxyl groups is 1. The molecule has 0 aliphatic carbocycles. The number of unbranched alkanes of at least 4 members (excludes halogenated alkanes) is 1. The van der Waals surface area contributed by atoms with Gasteiger partial charge in [0.05, 0.1) is 18.3 Å². The molecule has 16 heavy (non-hydrogen) atoms. The Morgan fingerprint density at radius 1 is 1.31 bits per heavy atom. The lowest BCUT2D eigenvalue weighted by Gasteiger charge is -2.32. The molecule has 4 heteroatoms. The number of piperidine rings is 1. The van der Waals surface area contributed by atoms with E-state index in [0.29, 0.717) is 0 Å². The van der Waals surface area contributed by atoms with Gasteiger partial charge in [0.15, 0.2) is 0 Å². The van der Waals surface area contributed by atoms with Crippen molar-refractivity contribution in [1.29, 1.82) is 0 Å². The minimum absolute atomic E-state index is 0.104. The van der Waals surface area contributed by atoms with Crippen LogP contribution in [0.5, 0.6) is 0 Å². The molecule has 2 fully saturated rings. The van der Waals surface area contributed by atoms with Crippen LogP contribution in [-0.4, -0.2) is 49.7 Å². The lowest BCUT2D eigenvalue weighted by molar-refractivity contribution is -0.0234. The number of hydrogen-bond acceptors (Lipinski definition) is 4. The Bertz CT molecular complexity index is 204. The fraction of sp³-hybridized carbons (Fsp3) is 1.00. The third-order valence-electron chi connectivity index (χ3n) is 3.60. The van der Waals surface area contributed by atoms with Gasteiger partial charge in [-0.25, -0.2) is 0 Å². The van der Waals surface area contributed by atoms with E-state index in [1.807, 2.05) is 0 Å². The quantitative estimate of drug-likeness (QED) is 0.681. The minimum atomic E-state index is 0.104. The van der Waals surface area contributed by atoms with Crippen molar-refractivity contribution in [2.75, 3.05) is 32.9 Å². The molecule has 0 aromatic rings. The molecule has 2 N–H and O–H groups in total. The molecule has 0 amide bonds. The van der Waals surface area contributed by atoms with Gasteiger partial charge in [0.1, 0.15) is 0 Å². The summed E-state index contributed by atoms with van der Waals surface area (Å²) >= 11 is 0. The molecule has 1 unspecified atom stereocenters. The maximum atomic E-state index is 8.67. The van der Waals surface area contributed by atoms with E-state index >= 15 is 0 Å². The molecule has 2 rings (SSSR count). The van der Waals surface area contributed by atoms with Gasteiger partial charge in [-0.2, -0.15) is 0 Å². The molecule has 0 radical (unpaired) electrons. The van der Waals surface area contributed by atoms with Crippen LogP contribution < -0.4 is 5.32 Å². The topological polar surface area (TPSA) is 50.7 Å². The Labute approximate surface area is 97.3 Å². The molecule has 0 saturated carbocycles. The number of hydrogen-bond donors (Lipinski definition) is 2.